The molecule has 3 heterocycles. The maximum Gasteiger partial charge on any atom is 0.418 e. The van der Waals surface area contributed by atoms with Crippen LogP contribution >= 0.6 is 11.6 Å². The van der Waals surface area contributed by atoms with Crippen molar-refractivity contribution in [3.63, 3.8) is 0 Å². The molecule has 0 saturated carbocycles. The quantitative estimate of drug-likeness (QED) is 0.521. The number of alkyl halides is 3. The third-order valence-electron chi connectivity index (χ3n) is 6.03. The van der Waals surface area contributed by atoms with Crippen molar-refractivity contribution in [3.05, 3.63) is 45.6 Å². The van der Waals surface area contributed by atoms with E-state index in [1.54, 1.807) is 25.7 Å². The molecule has 2 N–H and O–H groups in total. The lowest BCUT2D eigenvalue weighted by Gasteiger charge is -2.36. The molecule has 2 aromatic heterocycles. The highest BCUT2D eigenvalue weighted by molar-refractivity contribution is 6.33. The summed E-state index contributed by atoms with van der Waals surface area (Å²) in [5.41, 5.74) is 4.33. The van der Waals surface area contributed by atoms with E-state index >= 15 is 0 Å². The molecule has 0 unspecified atom stereocenters. The van der Waals surface area contributed by atoms with Crippen LogP contribution in [-0.4, -0.2) is 51.3 Å². The lowest BCUT2D eigenvalue weighted by Crippen LogP contribution is -2.48. The van der Waals surface area contributed by atoms with Crippen molar-refractivity contribution in [3.8, 4) is 5.69 Å². The van der Waals surface area contributed by atoms with Crippen molar-refractivity contribution >= 4 is 40.0 Å². The average Bonchev–Trinajstić information content (AvgIpc) is 3.06. The van der Waals surface area contributed by atoms with Crippen LogP contribution in [0.2, 0.25) is 5.15 Å². The second-order valence-corrected chi connectivity index (χ2v) is 9.98. The Balaban J connectivity index is 1.70. The van der Waals surface area contributed by atoms with Crippen LogP contribution in [0.15, 0.2) is 29.2 Å². The number of rotatable bonds is 3. The lowest BCUT2D eigenvalue weighted by molar-refractivity contribution is -0.201. The highest BCUT2D eigenvalue weighted by atomic mass is 35.5. The second kappa shape index (κ2) is 9.00. The highest BCUT2D eigenvalue weighted by Crippen LogP contribution is 2.39. The Labute approximate surface area is 209 Å². The largest absolute Gasteiger partial charge is 0.418 e. The Morgan fingerprint density at radius 3 is 2.36 bits per heavy atom. The number of halogens is 4. The fourth-order valence-corrected chi connectivity index (χ4v) is 4.13. The van der Waals surface area contributed by atoms with E-state index < -0.39 is 28.8 Å². The van der Waals surface area contributed by atoms with Crippen molar-refractivity contribution in [1.82, 2.24) is 19.2 Å². The number of nitrogens with two attached hydrogens (primary N) is 1. The lowest BCUT2D eigenvalue weighted by atomic mass is 9.98. The van der Waals surface area contributed by atoms with Gasteiger partial charge in [0.05, 0.1) is 47.2 Å². The number of carbonyl (C=O) groups is 1. The van der Waals surface area contributed by atoms with Crippen LogP contribution in [0.25, 0.3) is 16.7 Å². The summed E-state index contributed by atoms with van der Waals surface area (Å²) in [5, 5.41) is 1.40. The average molecular weight is 527 g/mol. The Kier molecular flexibility index (Phi) is 6.46. The number of carbonyl (C=O) groups excluding carboxylic acids is 1. The molecule has 0 radical (unpaired) electrons. The second-order valence-electron chi connectivity index (χ2n) is 9.62. The molecular formula is C23H26ClF3N6O3. The molecule has 0 amide bonds. The number of hydroxylamine groups is 2. The first-order chi connectivity index (χ1) is 16.7. The molecule has 1 saturated heterocycles. The van der Waals surface area contributed by atoms with Gasteiger partial charge in [-0.15, -0.1) is 5.06 Å². The number of aryl methyl sites for hydroxylation is 1. The summed E-state index contributed by atoms with van der Waals surface area (Å²) in [5.74, 6) is -0.411. The van der Waals surface area contributed by atoms with Crippen LogP contribution < -0.4 is 16.3 Å². The molecule has 9 nitrogen and oxygen atoms in total. The minimum absolute atomic E-state index is 0.00613. The molecule has 1 fully saturated rings. The van der Waals surface area contributed by atoms with Gasteiger partial charge < -0.3 is 15.5 Å². The molecule has 3 aromatic rings. The van der Waals surface area contributed by atoms with Gasteiger partial charge in [0, 0.05) is 25.8 Å². The number of fused-ring (bicyclic) bond motifs is 1. The Hall–Kier alpha value is -3.25. The van der Waals surface area contributed by atoms with Crippen LogP contribution in [0, 0.1) is 5.41 Å². The zero-order valence-electron chi connectivity index (χ0n) is 20.2. The molecular weight excluding hydrogens is 501 g/mol. The standard InChI is InChI=1S/C23H26ClF3N6O3/c1-22(2,3)20(34)36-32-9-7-31(8-10-32)15-6-5-13(11-14(15)23(25,26)27)33-18-16(30(4)21(33)35)12-29-19(24)17(18)28/h5-6,11-12H,7-10,28H2,1-4H3. The number of anilines is 2. The molecule has 1 aromatic carbocycles. The van der Waals surface area contributed by atoms with Gasteiger partial charge in [0.15, 0.2) is 5.15 Å². The summed E-state index contributed by atoms with van der Waals surface area (Å²) >= 11 is 6.02. The first-order valence-electron chi connectivity index (χ1n) is 11.2. The highest BCUT2D eigenvalue weighted by Gasteiger charge is 2.37. The summed E-state index contributed by atoms with van der Waals surface area (Å²) in [7, 11) is 1.47. The third-order valence-corrected chi connectivity index (χ3v) is 6.33. The fourth-order valence-electron chi connectivity index (χ4n) is 3.99. The number of nitrogens with zero attached hydrogens (tertiary/aromatic N) is 5. The van der Waals surface area contributed by atoms with E-state index in [0.717, 1.165) is 10.6 Å². The van der Waals surface area contributed by atoms with Gasteiger partial charge in [-0.25, -0.2) is 14.6 Å². The molecule has 0 aliphatic carbocycles. The minimum atomic E-state index is -4.69. The van der Waals surface area contributed by atoms with E-state index in [1.807, 2.05) is 0 Å². The first-order valence-corrected chi connectivity index (χ1v) is 11.5. The van der Waals surface area contributed by atoms with E-state index in [-0.39, 0.29) is 53.9 Å². The normalized spacial score (nSPS) is 15.5. The molecule has 1 aliphatic rings. The van der Waals surface area contributed by atoms with Gasteiger partial charge in [0.1, 0.15) is 5.52 Å². The number of piperazine rings is 1. The molecule has 0 spiro atoms. The van der Waals surface area contributed by atoms with Gasteiger partial charge >= 0.3 is 17.8 Å². The smallest absolute Gasteiger partial charge is 0.394 e. The Morgan fingerprint density at radius 2 is 1.78 bits per heavy atom. The predicted molar refractivity (Wildman–Crippen MR) is 130 cm³/mol. The zero-order chi connectivity index (χ0) is 26.6. The van der Waals surface area contributed by atoms with E-state index in [1.165, 1.54) is 35.0 Å². The SMILES string of the molecule is Cn1c(=O)n(-c2ccc(N3CCN(OC(=O)C(C)(C)C)CC3)c(C(F)(F)F)c2)c2c(N)c(Cl)ncc21. The minimum Gasteiger partial charge on any atom is -0.394 e. The van der Waals surface area contributed by atoms with Crippen molar-refractivity contribution in [2.45, 2.75) is 26.9 Å². The van der Waals surface area contributed by atoms with E-state index in [2.05, 4.69) is 4.98 Å². The Morgan fingerprint density at radius 1 is 1.14 bits per heavy atom. The van der Waals surface area contributed by atoms with Crippen LogP contribution in [0.1, 0.15) is 26.3 Å². The van der Waals surface area contributed by atoms with E-state index in [4.69, 9.17) is 22.2 Å². The van der Waals surface area contributed by atoms with Crippen LogP contribution in [-0.2, 0) is 22.9 Å². The van der Waals surface area contributed by atoms with Crippen molar-refractivity contribution in [2.75, 3.05) is 36.8 Å². The number of benzene rings is 1. The van der Waals surface area contributed by atoms with Crippen molar-refractivity contribution in [1.29, 1.82) is 0 Å². The molecule has 1 aliphatic heterocycles. The summed E-state index contributed by atoms with van der Waals surface area (Å²) in [4.78, 5) is 36.0. The van der Waals surface area contributed by atoms with Crippen molar-refractivity contribution in [2.24, 2.45) is 12.5 Å². The van der Waals surface area contributed by atoms with E-state index in [0.29, 0.717) is 5.52 Å². The number of imidazole rings is 1. The van der Waals surface area contributed by atoms with Crippen LogP contribution in [0.3, 0.4) is 0 Å². The Bertz CT molecular complexity index is 1380. The maximum atomic E-state index is 14.2. The number of pyridine rings is 1. The molecule has 13 heteroatoms. The van der Waals surface area contributed by atoms with Crippen LogP contribution in [0.4, 0.5) is 24.5 Å². The molecule has 194 valence electrons. The number of nitrogen functional groups attached to an aromatic ring is 1. The van der Waals surface area contributed by atoms with Gasteiger partial charge in [-0.1, -0.05) is 11.6 Å². The summed E-state index contributed by atoms with van der Waals surface area (Å²) in [6.45, 7) is 6.08. The summed E-state index contributed by atoms with van der Waals surface area (Å²) in [6, 6.07) is 3.69. The topological polar surface area (TPSA) is 98.6 Å². The number of hydrogen-bond acceptors (Lipinski definition) is 7. The van der Waals surface area contributed by atoms with E-state index in [9.17, 15) is 22.8 Å². The predicted octanol–water partition coefficient (Wildman–Crippen LogP) is 3.60. The first kappa shape index (κ1) is 25.8. The molecule has 36 heavy (non-hydrogen) atoms. The maximum absolute atomic E-state index is 14.2. The fraction of sp³-hybridized carbons (Fsp3) is 0.435. The van der Waals surface area contributed by atoms with Crippen molar-refractivity contribution < 1.29 is 22.8 Å². The van der Waals surface area contributed by atoms with Gasteiger partial charge in [0.2, 0.25) is 0 Å². The third kappa shape index (κ3) is 4.62. The molecule has 4 rings (SSSR count). The number of aromatic nitrogens is 3. The van der Waals surface area contributed by atoms with Gasteiger partial charge in [-0.05, 0) is 39.0 Å². The monoisotopic (exact) mass is 526 g/mol. The van der Waals surface area contributed by atoms with Gasteiger partial charge in [-0.3, -0.25) is 9.13 Å². The number of hydrogen-bond donors (Lipinski definition) is 1. The molecule has 0 atom stereocenters. The van der Waals surface area contributed by atoms with Gasteiger partial charge in [0.25, 0.3) is 0 Å². The summed E-state index contributed by atoms with van der Waals surface area (Å²) in [6.07, 6.45) is -3.35. The summed E-state index contributed by atoms with van der Waals surface area (Å²) < 4.78 is 44.9. The zero-order valence-corrected chi connectivity index (χ0v) is 20.9. The molecule has 0 bridgehead atoms. The van der Waals surface area contributed by atoms with Crippen LogP contribution in [0.5, 0.6) is 0 Å². The van der Waals surface area contributed by atoms with Gasteiger partial charge in [-0.2, -0.15) is 13.2 Å².